The van der Waals surface area contributed by atoms with Crippen molar-refractivity contribution in [1.29, 1.82) is 0 Å². The molecule has 0 amide bonds. The van der Waals surface area contributed by atoms with Crippen LogP contribution in [0.15, 0.2) is 58.8 Å². The fourth-order valence-corrected chi connectivity index (χ4v) is 3.08. The minimum Gasteiger partial charge on any atom is -0.494 e. The van der Waals surface area contributed by atoms with Crippen LogP contribution >= 0.6 is 0 Å². The highest BCUT2D eigenvalue weighted by Crippen LogP contribution is 2.22. The Bertz CT molecular complexity index is 662. The molecule has 0 radical (unpaired) electrons. The first-order valence-corrected chi connectivity index (χ1v) is 11.1. The van der Waals surface area contributed by atoms with Gasteiger partial charge in [-0.25, -0.2) is 0 Å². The maximum absolute atomic E-state index is 5.82. The first kappa shape index (κ1) is 22.1. The zero-order valence-corrected chi connectivity index (χ0v) is 17.7. The summed E-state index contributed by atoms with van der Waals surface area (Å²) in [5, 5.41) is 8.65. The third-order valence-electron chi connectivity index (χ3n) is 4.89. The van der Waals surface area contributed by atoms with Gasteiger partial charge in [0.15, 0.2) is 0 Å². The molecule has 0 aliphatic carbocycles. The van der Waals surface area contributed by atoms with E-state index in [1.807, 2.05) is 36.4 Å². The molecular formula is C25H36N2O. The zero-order chi connectivity index (χ0) is 19.9. The molecule has 2 rings (SSSR count). The molecule has 0 spiro atoms. The molecule has 0 saturated heterocycles. The summed E-state index contributed by atoms with van der Waals surface area (Å²) in [6.45, 7) is 5.26. The van der Waals surface area contributed by atoms with E-state index in [-0.39, 0.29) is 0 Å². The van der Waals surface area contributed by atoms with E-state index in [0.717, 1.165) is 36.6 Å². The van der Waals surface area contributed by atoms with E-state index in [1.165, 1.54) is 56.9 Å². The first-order chi connectivity index (χ1) is 13.8. The molecule has 0 saturated carbocycles. The Kier molecular flexibility index (Phi) is 11.0. The van der Waals surface area contributed by atoms with Crippen LogP contribution in [0.4, 0.5) is 11.4 Å². The van der Waals surface area contributed by atoms with Crippen LogP contribution in [0, 0.1) is 0 Å². The third-order valence-corrected chi connectivity index (χ3v) is 4.89. The summed E-state index contributed by atoms with van der Waals surface area (Å²) < 4.78 is 5.82. The Hall–Kier alpha value is -2.16. The summed E-state index contributed by atoms with van der Waals surface area (Å²) in [7, 11) is 0. The van der Waals surface area contributed by atoms with E-state index < -0.39 is 0 Å². The van der Waals surface area contributed by atoms with Crippen molar-refractivity contribution >= 4 is 11.4 Å². The van der Waals surface area contributed by atoms with Crippen LogP contribution in [-0.4, -0.2) is 6.61 Å². The van der Waals surface area contributed by atoms with Gasteiger partial charge in [0.05, 0.1) is 18.0 Å². The normalized spacial score (nSPS) is 11.2. The SMILES string of the molecule is CCCCCCCCCOc1ccc(N=Nc2ccc(CCCC)cc2)cc1. The Morgan fingerprint density at radius 1 is 0.607 bits per heavy atom. The van der Waals surface area contributed by atoms with Gasteiger partial charge < -0.3 is 4.74 Å². The van der Waals surface area contributed by atoms with Crippen molar-refractivity contribution in [1.82, 2.24) is 0 Å². The molecule has 0 bridgehead atoms. The maximum Gasteiger partial charge on any atom is 0.119 e. The molecule has 0 N–H and O–H groups in total. The smallest absolute Gasteiger partial charge is 0.119 e. The van der Waals surface area contributed by atoms with Gasteiger partial charge in [-0.1, -0.05) is 70.9 Å². The van der Waals surface area contributed by atoms with Crippen LogP contribution in [-0.2, 0) is 6.42 Å². The Balaban J connectivity index is 1.68. The van der Waals surface area contributed by atoms with Gasteiger partial charge in [-0.15, -0.1) is 0 Å². The predicted octanol–water partition coefficient (Wildman–Crippen LogP) is 8.57. The predicted molar refractivity (Wildman–Crippen MR) is 119 cm³/mol. The molecule has 0 unspecified atom stereocenters. The second kappa shape index (κ2) is 13.9. The van der Waals surface area contributed by atoms with Crippen molar-refractivity contribution in [3.8, 4) is 5.75 Å². The van der Waals surface area contributed by atoms with E-state index in [2.05, 4.69) is 36.2 Å². The molecule has 0 atom stereocenters. The maximum atomic E-state index is 5.82. The van der Waals surface area contributed by atoms with Crippen molar-refractivity contribution in [2.24, 2.45) is 10.2 Å². The Labute approximate surface area is 171 Å². The van der Waals surface area contributed by atoms with E-state index in [0.29, 0.717) is 0 Å². The lowest BCUT2D eigenvalue weighted by Gasteiger charge is -2.06. The third kappa shape index (κ3) is 9.16. The van der Waals surface area contributed by atoms with Crippen LogP contribution < -0.4 is 4.74 Å². The molecule has 2 aromatic rings. The van der Waals surface area contributed by atoms with Crippen molar-refractivity contribution in [3.63, 3.8) is 0 Å². The molecule has 0 heterocycles. The van der Waals surface area contributed by atoms with Crippen LogP contribution in [0.25, 0.3) is 0 Å². The van der Waals surface area contributed by atoms with Gasteiger partial charge in [-0.05, 0) is 61.2 Å². The Morgan fingerprint density at radius 3 is 1.75 bits per heavy atom. The lowest BCUT2D eigenvalue weighted by atomic mass is 10.1. The highest BCUT2D eigenvalue weighted by Gasteiger charge is 1.97. The van der Waals surface area contributed by atoms with E-state index in [1.54, 1.807) is 0 Å². The number of aryl methyl sites for hydroxylation is 1. The number of unbranched alkanes of at least 4 members (excludes halogenated alkanes) is 7. The molecule has 0 fully saturated rings. The van der Waals surface area contributed by atoms with Crippen molar-refractivity contribution in [2.75, 3.05) is 6.61 Å². The fraction of sp³-hybridized carbons (Fsp3) is 0.520. The molecule has 0 aliphatic heterocycles. The van der Waals surface area contributed by atoms with Crippen molar-refractivity contribution in [3.05, 3.63) is 54.1 Å². The highest BCUT2D eigenvalue weighted by atomic mass is 16.5. The second-order valence-corrected chi connectivity index (χ2v) is 7.43. The van der Waals surface area contributed by atoms with E-state index in [4.69, 9.17) is 4.74 Å². The van der Waals surface area contributed by atoms with Gasteiger partial charge in [0.1, 0.15) is 5.75 Å². The average Bonchev–Trinajstić information content (AvgIpc) is 2.74. The molecule has 152 valence electrons. The monoisotopic (exact) mass is 380 g/mol. The number of ether oxygens (including phenoxy) is 1. The summed E-state index contributed by atoms with van der Waals surface area (Å²) in [5.74, 6) is 0.908. The van der Waals surface area contributed by atoms with Crippen LogP contribution in [0.1, 0.15) is 77.2 Å². The number of nitrogens with zero attached hydrogens (tertiary/aromatic N) is 2. The van der Waals surface area contributed by atoms with E-state index in [9.17, 15) is 0 Å². The standard InChI is InChI=1S/C25H36N2O/c1-3-5-7-8-9-10-11-21-28-25-19-17-24(18-20-25)27-26-23-15-13-22(14-16-23)12-6-4-2/h13-20H,3-12,21H2,1-2H3. The first-order valence-electron chi connectivity index (χ1n) is 11.1. The van der Waals surface area contributed by atoms with Gasteiger partial charge in [0, 0.05) is 0 Å². The van der Waals surface area contributed by atoms with Crippen LogP contribution in [0.3, 0.4) is 0 Å². The molecule has 0 aromatic heterocycles. The number of benzene rings is 2. The van der Waals surface area contributed by atoms with Gasteiger partial charge >= 0.3 is 0 Å². The molecular weight excluding hydrogens is 344 g/mol. The fourth-order valence-electron chi connectivity index (χ4n) is 3.08. The number of hydrogen-bond acceptors (Lipinski definition) is 3. The topological polar surface area (TPSA) is 34.0 Å². The lowest BCUT2D eigenvalue weighted by molar-refractivity contribution is 0.304. The number of rotatable bonds is 14. The minimum absolute atomic E-state index is 0.791. The summed E-state index contributed by atoms with van der Waals surface area (Å²) in [5.41, 5.74) is 3.10. The van der Waals surface area contributed by atoms with Gasteiger partial charge in [0.25, 0.3) is 0 Å². The molecule has 3 heteroatoms. The molecule has 3 nitrogen and oxygen atoms in total. The summed E-state index contributed by atoms with van der Waals surface area (Å²) >= 11 is 0. The van der Waals surface area contributed by atoms with Crippen molar-refractivity contribution in [2.45, 2.75) is 78.1 Å². The number of hydrogen-bond donors (Lipinski definition) is 0. The van der Waals surface area contributed by atoms with Gasteiger partial charge in [-0.2, -0.15) is 10.2 Å². The molecule has 0 aliphatic rings. The average molecular weight is 381 g/mol. The van der Waals surface area contributed by atoms with Gasteiger partial charge in [0.2, 0.25) is 0 Å². The van der Waals surface area contributed by atoms with Crippen LogP contribution in [0.5, 0.6) is 5.75 Å². The summed E-state index contributed by atoms with van der Waals surface area (Å²) in [6, 6.07) is 16.2. The van der Waals surface area contributed by atoms with Crippen molar-refractivity contribution < 1.29 is 4.74 Å². The summed E-state index contributed by atoms with van der Waals surface area (Å²) in [6.07, 6.45) is 12.7. The quantitative estimate of drug-likeness (QED) is 0.239. The van der Waals surface area contributed by atoms with Crippen LogP contribution in [0.2, 0.25) is 0 Å². The molecule has 2 aromatic carbocycles. The second-order valence-electron chi connectivity index (χ2n) is 7.43. The summed E-state index contributed by atoms with van der Waals surface area (Å²) in [4.78, 5) is 0. The van der Waals surface area contributed by atoms with E-state index >= 15 is 0 Å². The largest absolute Gasteiger partial charge is 0.494 e. The number of azo groups is 1. The lowest BCUT2D eigenvalue weighted by Crippen LogP contribution is -1.96. The minimum atomic E-state index is 0.791. The highest BCUT2D eigenvalue weighted by molar-refractivity contribution is 5.43. The van der Waals surface area contributed by atoms with Gasteiger partial charge in [-0.3, -0.25) is 0 Å². The zero-order valence-electron chi connectivity index (χ0n) is 17.7. The molecule has 28 heavy (non-hydrogen) atoms. The Morgan fingerprint density at radius 2 is 1.14 bits per heavy atom.